The number of nitrogens with one attached hydrogen (secondary N) is 1. The minimum atomic E-state index is -4.96. The van der Waals surface area contributed by atoms with Crippen molar-refractivity contribution in [2.24, 2.45) is 0 Å². The third-order valence-electron chi connectivity index (χ3n) is 2.24. The lowest BCUT2D eigenvalue weighted by Crippen LogP contribution is -2.55. The molecule has 2 N–H and O–H groups in total. The first-order valence-electron chi connectivity index (χ1n) is 4.54. The number of rotatable bonds is 3. The maximum atomic E-state index is 12.7. The van der Waals surface area contributed by atoms with Gasteiger partial charge in [0.2, 0.25) is 5.54 Å². The topological polar surface area (TPSA) is 75.1 Å². The number of hydrogen-bond donors (Lipinski definition) is 2. The first-order valence-corrected chi connectivity index (χ1v) is 4.54. The first kappa shape index (κ1) is 13.2. The van der Waals surface area contributed by atoms with Gasteiger partial charge >= 0.3 is 12.1 Å². The van der Waals surface area contributed by atoms with E-state index in [-0.39, 0.29) is 11.5 Å². The van der Waals surface area contributed by atoms with Crippen molar-refractivity contribution in [2.45, 2.75) is 25.6 Å². The maximum Gasteiger partial charge on any atom is 0.422 e. The summed E-state index contributed by atoms with van der Waals surface area (Å²) in [4.78, 5) is 18.1. The molecule has 1 aromatic rings. The van der Waals surface area contributed by atoms with Gasteiger partial charge in [-0.05, 0) is 13.8 Å². The van der Waals surface area contributed by atoms with Gasteiger partial charge in [0.1, 0.15) is 5.82 Å². The number of carboxylic acids is 1. The average Bonchev–Trinajstić information content (AvgIpc) is 2.19. The summed E-state index contributed by atoms with van der Waals surface area (Å²) in [6.45, 7) is 1.96. The smallest absolute Gasteiger partial charge is 0.422 e. The summed E-state index contributed by atoms with van der Waals surface area (Å²) in [6, 6.07) is 0. The number of hydrogen-bond acceptors (Lipinski definition) is 4. The van der Waals surface area contributed by atoms with E-state index in [0.717, 1.165) is 0 Å². The molecule has 1 rings (SSSR count). The molecule has 1 aromatic heterocycles. The second kappa shape index (κ2) is 4.19. The van der Waals surface area contributed by atoms with Crippen LogP contribution in [0.1, 0.15) is 12.6 Å². The Hall–Kier alpha value is -1.86. The zero-order valence-electron chi connectivity index (χ0n) is 9.04. The van der Waals surface area contributed by atoms with Crippen LogP contribution in [0.5, 0.6) is 0 Å². The van der Waals surface area contributed by atoms with Crippen LogP contribution in [0.25, 0.3) is 0 Å². The number of nitrogens with zero attached hydrogens (tertiary/aromatic N) is 2. The largest absolute Gasteiger partial charge is 0.479 e. The van der Waals surface area contributed by atoms with Crippen molar-refractivity contribution in [2.75, 3.05) is 5.32 Å². The molecule has 0 saturated carbocycles. The fraction of sp³-hybridized carbons (Fsp3) is 0.444. The standard InChI is InChI=1S/C9H10F3N3O2/c1-5-6(14-4-3-13-5)15-8(2,7(16)17)9(10,11)12/h3-4H,1-2H3,(H,14,15)(H,16,17). The van der Waals surface area contributed by atoms with Crippen LogP contribution in [-0.4, -0.2) is 32.8 Å². The Morgan fingerprint density at radius 3 is 2.29 bits per heavy atom. The molecule has 5 nitrogen and oxygen atoms in total. The van der Waals surface area contributed by atoms with Crippen LogP contribution < -0.4 is 5.32 Å². The molecule has 0 saturated heterocycles. The van der Waals surface area contributed by atoms with E-state index in [2.05, 4.69) is 9.97 Å². The molecule has 0 bridgehead atoms. The second-order valence-electron chi connectivity index (χ2n) is 3.54. The molecular formula is C9H10F3N3O2. The maximum absolute atomic E-state index is 12.7. The summed E-state index contributed by atoms with van der Waals surface area (Å²) in [6.07, 6.45) is -2.48. The molecule has 0 aromatic carbocycles. The summed E-state index contributed by atoms with van der Waals surface area (Å²) in [5.41, 5.74) is -2.92. The van der Waals surface area contributed by atoms with Gasteiger partial charge < -0.3 is 10.4 Å². The van der Waals surface area contributed by atoms with E-state index in [4.69, 9.17) is 5.11 Å². The van der Waals surface area contributed by atoms with Gasteiger partial charge in [-0.2, -0.15) is 13.2 Å². The highest BCUT2D eigenvalue weighted by molar-refractivity contribution is 5.83. The van der Waals surface area contributed by atoms with Crippen LogP contribution in [0.4, 0.5) is 19.0 Å². The van der Waals surface area contributed by atoms with Crippen molar-refractivity contribution in [1.82, 2.24) is 9.97 Å². The predicted octanol–water partition coefficient (Wildman–Crippen LogP) is 1.60. The van der Waals surface area contributed by atoms with E-state index in [9.17, 15) is 18.0 Å². The molecule has 0 amide bonds. The molecule has 0 aliphatic carbocycles. The van der Waals surface area contributed by atoms with Crippen molar-refractivity contribution in [3.8, 4) is 0 Å². The van der Waals surface area contributed by atoms with Crippen LogP contribution >= 0.6 is 0 Å². The molecule has 0 radical (unpaired) electrons. The van der Waals surface area contributed by atoms with Gasteiger partial charge in [0, 0.05) is 12.4 Å². The van der Waals surface area contributed by atoms with Gasteiger partial charge in [-0.25, -0.2) is 9.78 Å². The Bertz CT molecular complexity index is 436. The molecule has 0 spiro atoms. The highest BCUT2D eigenvalue weighted by Gasteiger charge is 2.58. The minimum Gasteiger partial charge on any atom is -0.479 e. The van der Waals surface area contributed by atoms with Crippen LogP contribution in [0.2, 0.25) is 0 Å². The monoisotopic (exact) mass is 249 g/mol. The minimum absolute atomic E-state index is 0.184. The number of alkyl halides is 3. The van der Waals surface area contributed by atoms with Gasteiger partial charge in [-0.3, -0.25) is 4.98 Å². The highest BCUT2D eigenvalue weighted by Crippen LogP contribution is 2.33. The van der Waals surface area contributed by atoms with Gasteiger partial charge in [0.15, 0.2) is 0 Å². The zero-order valence-corrected chi connectivity index (χ0v) is 9.04. The Kier molecular flexibility index (Phi) is 3.25. The number of aryl methyl sites for hydroxylation is 1. The molecule has 0 aliphatic heterocycles. The van der Waals surface area contributed by atoms with Crippen molar-refractivity contribution in [3.05, 3.63) is 18.1 Å². The number of anilines is 1. The summed E-state index contributed by atoms with van der Waals surface area (Å²) < 4.78 is 38.0. The molecule has 1 heterocycles. The van der Waals surface area contributed by atoms with Crippen LogP contribution in [0.15, 0.2) is 12.4 Å². The SMILES string of the molecule is Cc1nccnc1NC(C)(C(=O)O)C(F)(F)F. The van der Waals surface area contributed by atoms with Crippen molar-refractivity contribution >= 4 is 11.8 Å². The quantitative estimate of drug-likeness (QED) is 0.851. The summed E-state index contributed by atoms with van der Waals surface area (Å²) in [5.74, 6) is -2.25. The Morgan fingerprint density at radius 2 is 1.88 bits per heavy atom. The molecule has 0 fully saturated rings. The summed E-state index contributed by atoms with van der Waals surface area (Å²) >= 11 is 0. The molecule has 1 unspecified atom stereocenters. The first-order chi connectivity index (χ1) is 7.68. The lowest BCUT2D eigenvalue weighted by atomic mass is 10.0. The van der Waals surface area contributed by atoms with E-state index in [1.165, 1.54) is 19.3 Å². The van der Waals surface area contributed by atoms with Gasteiger partial charge in [0.05, 0.1) is 5.69 Å². The fourth-order valence-corrected chi connectivity index (χ4v) is 1.01. The van der Waals surface area contributed by atoms with E-state index in [1.807, 2.05) is 5.32 Å². The number of carboxylic acid groups (broad SMARTS) is 1. The fourth-order valence-electron chi connectivity index (χ4n) is 1.01. The van der Waals surface area contributed by atoms with Crippen LogP contribution in [-0.2, 0) is 4.79 Å². The lowest BCUT2D eigenvalue weighted by molar-refractivity contribution is -0.192. The number of aliphatic carboxylic acids is 1. The average molecular weight is 249 g/mol. The summed E-state index contributed by atoms with van der Waals surface area (Å²) in [5, 5.41) is 10.6. The second-order valence-corrected chi connectivity index (χ2v) is 3.54. The van der Waals surface area contributed by atoms with Crippen molar-refractivity contribution in [1.29, 1.82) is 0 Å². The van der Waals surface area contributed by atoms with Gasteiger partial charge in [-0.1, -0.05) is 0 Å². The van der Waals surface area contributed by atoms with Gasteiger partial charge in [-0.15, -0.1) is 0 Å². The normalized spacial score (nSPS) is 15.1. The Balaban J connectivity index is 3.13. The van der Waals surface area contributed by atoms with E-state index in [0.29, 0.717) is 6.92 Å². The molecule has 1 atom stereocenters. The molecule has 94 valence electrons. The highest BCUT2D eigenvalue weighted by atomic mass is 19.4. The molecule has 8 heteroatoms. The number of carbonyl (C=O) groups is 1. The molecule has 0 aliphatic rings. The van der Waals surface area contributed by atoms with Crippen LogP contribution in [0, 0.1) is 6.92 Å². The zero-order chi connectivity index (χ0) is 13.3. The third kappa shape index (κ3) is 2.45. The van der Waals surface area contributed by atoms with Crippen molar-refractivity contribution < 1.29 is 23.1 Å². The molecular weight excluding hydrogens is 239 g/mol. The number of halogens is 3. The van der Waals surface area contributed by atoms with Crippen LogP contribution in [0.3, 0.4) is 0 Å². The predicted molar refractivity (Wildman–Crippen MR) is 52.5 cm³/mol. The Labute approximate surface area is 94.7 Å². The van der Waals surface area contributed by atoms with Crippen molar-refractivity contribution in [3.63, 3.8) is 0 Å². The summed E-state index contributed by atoms with van der Waals surface area (Å²) in [7, 11) is 0. The van der Waals surface area contributed by atoms with E-state index < -0.39 is 17.7 Å². The van der Waals surface area contributed by atoms with Gasteiger partial charge in [0.25, 0.3) is 0 Å². The lowest BCUT2D eigenvalue weighted by Gasteiger charge is -2.29. The van der Waals surface area contributed by atoms with E-state index in [1.54, 1.807) is 0 Å². The molecule has 17 heavy (non-hydrogen) atoms. The number of aromatic nitrogens is 2. The van der Waals surface area contributed by atoms with E-state index >= 15 is 0 Å². The third-order valence-corrected chi connectivity index (χ3v) is 2.24. The Morgan fingerprint density at radius 1 is 1.35 bits per heavy atom.